The zero-order valence-electron chi connectivity index (χ0n) is 7.93. The summed E-state index contributed by atoms with van der Waals surface area (Å²) in [6, 6.07) is 0. The normalized spacial score (nSPS) is 17.1. The molecule has 0 aromatic carbocycles. The van der Waals surface area contributed by atoms with Crippen LogP contribution in [0.15, 0.2) is 0 Å². The maximum absolute atomic E-state index is 12.2. The van der Waals surface area contributed by atoms with E-state index in [4.69, 9.17) is 0 Å². The van der Waals surface area contributed by atoms with Gasteiger partial charge in [0.25, 0.3) is 0 Å². The molecule has 0 radical (unpaired) electrons. The van der Waals surface area contributed by atoms with Crippen molar-refractivity contribution < 1.29 is 44.1 Å². The fraction of sp³-hybridized carbons (Fsp3) is 1.00. The largest absolute Gasteiger partial charge is 0.615 e. The summed E-state index contributed by atoms with van der Waals surface area (Å²) in [7, 11) is 0. The Labute approximate surface area is 92.1 Å². The molecule has 0 saturated carbocycles. The lowest BCUT2D eigenvalue weighted by molar-refractivity contribution is -0.347. The van der Waals surface area contributed by atoms with Crippen molar-refractivity contribution in [1.29, 1.82) is 0 Å². The van der Waals surface area contributed by atoms with Gasteiger partial charge in [-0.15, -0.1) is 0 Å². The highest BCUT2D eigenvalue weighted by Gasteiger charge is 2.91. The SMILES string of the molecule is CC[S+]([O-])C(C(F)(F)F)(C(F)(F)F)C(F)(F)F. The van der Waals surface area contributed by atoms with Crippen molar-refractivity contribution in [2.24, 2.45) is 0 Å². The van der Waals surface area contributed by atoms with Gasteiger partial charge in [0.15, 0.2) is 0 Å². The van der Waals surface area contributed by atoms with Gasteiger partial charge in [-0.3, -0.25) is 0 Å². The average molecular weight is 296 g/mol. The van der Waals surface area contributed by atoms with Crippen molar-refractivity contribution in [3.63, 3.8) is 0 Å². The van der Waals surface area contributed by atoms with Crippen LogP contribution in [0.5, 0.6) is 0 Å². The lowest BCUT2D eigenvalue weighted by Gasteiger charge is -2.38. The Balaban J connectivity index is 6.13. The second-order valence-electron chi connectivity index (χ2n) is 2.81. The predicted molar refractivity (Wildman–Crippen MR) is 39.6 cm³/mol. The molecule has 1 nitrogen and oxygen atoms in total. The topological polar surface area (TPSA) is 23.1 Å². The molecule has 0 spiro atoms. The molecule has 0 heterocycles. The molecule has 0 amide bonds. The van der Waals surface area contributed by atoms with Crippen LogP contribution in [0.3, 0.4) is 0 Å². The lowest BCUT2D eigenvalue weighted by Crippen LogP contribution is -2.70. The standard InChI is InChI=1S/C6H5F9OS/c1-2-17(16)3(4(7,8)9,5(10,11)12)6(13,14)15/h2H2,1H3. The van der Waals surface area contributed by atoms with Crippen LogP contribution < -0.4 is 0 Å². The molecule has 0 saturated heterocycles. The molecule has 1 atom stereocenters. The molecule has 0 aromatic heterocycles. The second kappa shape index (κ2) is 4.41. The number of halogens is 9. The third-order valence-corrected chi connectivity index (χ3v) is 3.70. The summed E-state index contributed by atoms with van der Waals surface area (Å²) in [5.74, 6) is -1.43. The van der Waals surface area contributed by atoms with Crippen LogP contribution in [-0.2, 0) is 11.2 Å². The van der Waals surface area contributed by atoms with Gasteiger partial charge in [-0.05, 0) is 18.1 Å². The maximum Gasteiger partial charge on any atom is 0.458 e. The molecule has 11 heteroatoms. The summed E-state index contributed by atoms with van der Waals surface area (Å²) >= 11 is -4.21. The first kappa shape index (κ1) is 16.7. The lowest BCUT2D eigenvalue weighted by atomic mass is 10.1. The van der Waals surface area contributed by atoms with Gasteiger partial charge in [-0.2, -0.15) is 39.5 Å². The Bertz CT molecular complexity index is 228. The minimum atomic E-state index is -6.75. The Morgan fingerprint density at radius 2 is 1.00 bits per heavy atom. The highest BCUT2D eigenvalue weighted by Crippen LogP contribution is 2.57. The van der Waals surface area contributed by atoms with E-state index in [1.807, 2.05) is 0 Å². The summed E-state index contributed by atoms with van der Waals surface area (Å²) in [5, 5.41) is 0. The van der Waals surface area contributed by atoms with E-state index in [-0.39, 0.29) is 0 Å². The van der Waals surface area contributed by atoms with Crippen LogP contribution in [-0.4, -0.2) is 33.6 Å². The molecule has 0 aliphatic heterocycles. The monoisotopic (exact) mass is 296 g/mol. The quantitative estimate of drug-likeness (QED) is 0.567. The van der Waals surface area contributed by atoms with E-state index in [0.717, 1.165) is 0 Å². The van der Waals surface area contributed by atoms with Gasteiger partial charge < -0.3 is 4.55 Å². The van der Waals surface area contributed by atoms with E-state index in [2.05, 4.69) is 0 Å². The van der Waals surface area contributed by atoms with E-state index < -0.39 is 40.2 Å². The van der Waals surface area contributed by atoms with E-state index in [1.54, 1.807) is 0 Å². The Morgan fingerprint density at radius 3 is 1.06 bits per heavy atom. The minimum Gasteiger partial charge on any atom is -0.615 e. The average Bonchev–Trinajstić information content (AvgIpc) is 1.95. The Morgan fingerprint density at radius 1 is 0.765 bits per heavy atom. The zero-order chi connectivity index (χ0) is 14.3. The van der Waals surface area contributed by atoms with Crippen LogP contribution >= 0.6 is 0 Å². The number of hydrogen-bond acceptors (Lipinski definition) is 1. The summed E-state index contributed by atoms with van der Waals surface area (Å²) < 4.78 is 114. The van der Waals surface area contributed by atoms with E-state index in [9.17, 15) is 44.1 Å². The highest BCUT2D eigenvalue weighted by molar-refractivity contribution is 7.93. The molecule has 0 N–H and O–H groups in total. The Kier molecular flexibility index (Phi) is 4.33. The Hall–Kier alpha value is -0.320. The smallest absolute Gasteiger partial charge is 0.458 e. The predicted octanol–water partition coefficient (Wildman–Crippen LogP) is 3.18. The number of hydrogen-bond donors (Lipinski definition) is 0. The summed E-state index contributed by atoms with van der Waals surface area (Å²) in [6.07, 6.45) is -20.2. The molecule has 0 aliphatic rings. The summed E-state index contributed by atoms with van der Waals surface area (Å²) in [4.78, 5) is 0. The first-order valence-electron chi connectivity index (χ1n) is 3.82. The van der Waals surface area contributed by atoms with E-state index >= 15 is 0 Å². The summed E-state index contributed by atoms with van der Waals surface area (Å²) in [6.45, 7) is 0.536. The van der Waals surface area contributed by atoms with E-state index in [1.165, 1.54) is 0 Å². The molecule has 0 bridgehead atoms. The van der Waals surface area contributed by atoms with Gasteiger partial charge in [0.1, 0.15) is 5.75 Å². The van der Waals surface area contributed by atoms with Crippen molar-refractivity contribution in [3.8, 4) is 0 Å². The van der Waals surface area contributed by atoms with Crippen molar-refractivity contribution in [3.05, 3.63) is 0 Å². The first-order valence-corrected chi connectivity index (χ1v) is 5.14. The first-order chi connectivity index (χ1) is 7.23. The number of rotatable bonds is 2. The fourth-order valence-electron chi connectivity index (χ4n) is 1.09. The molecule has 0 aliphatic carbocycles. The molecule has 17 heavy (non-hydrogen) atoms. The van der Waals surface area contributed by atoms with Crippen molar-refractivity contribution >= 4 is 11.2 Å². The van der Waals surface area contributed by atoms with Gasteiger partial charge in [0, 0.05) is 0 Å². The highest BCUT2D eigenvalue weighted by atomic mass is 32.2. The van der Waals surface area contributed by atoms with Gasteiger partial charge in [-0.1, -0.05) is 0 Å². The molecular formula is C6H5F9OS. The third-order valence-electron chi connectivity index (χ3n) is 1.80. The second-order valence-corrected chi connectivity index (χ2v) is 4.69. The van der Waals surface area contributed by atoms with Crippen molar-refractivity contribution in [2.75, 3.05) is 5.75 Å². The van der Waals surface area contributed by atoms with Crippen LogP contribution in [0.2, 0.25) is 0 Å². The van der Waals surface area contributed by atoms with Crippen molar-refractivity contribution in [1.82, 2.24) is 0 Å². The van der Waals surface area contributed by atoms with Crippen LogP contribution in [0.4, 0.5) is 39.5 Å². The molecule has 0 rings (SSSR count). The molecule has 104 valence electrons. The third kappa shape index (κ3) is 2.44. The minimum absolute atomic E-state index is 0.536. The molecule has 0 fully saturated rings. The maximum atomic E-state index is 12.2. The fourth-order valence-corrected chi connectivity index (χ4v) is 2.29. The van der Waals surface area contributed by atoms with Gasteiger partial charge in [0.05, 0.1) is 0 Å². The van der Waals surface area contributed by atoms with Gasteiger partial charge >= 0.3 is 23.3 Å². The van der Waals surface area contributed by atoms with Gasteiger partial charge in [-0.25, -0.2) is 0 Å². The molecular weight excluding hydrogens is 291 g/mol. The molecule has 1 unspecified atom stereocenters. The summed E-state index contributed by atoms with van der Waals surface area (Å²) in [5.41, 5.74) is 0. The van der Waals surface area contributed by atoms with Crippen LogP contribution in [0.1, 0.15) is 6.92 Å². The van der Waals surface area contributed by atoms with Crippen LogP contribution in [0.25, 0.3) is 0 Å². The molecule has 0 aromatic rings. The number of alkyl halides is 9. The zero-order valence-corrected chi connectivity index (χ0v) is 8.74. The van der Waals surface area contributed by atoms with Gasteiger partial charge in [0.2, 0.25) is 0 Å². The van der Waals surface area contributed by atoms with Crippen molar-refractivity contribution in [2.45, 2.75) is 30.2 Å². The van der Waals surface area contributed by atoms with E-state index in [0.29, 0.717) is 6.92 Å². The van der Waals surface area contributed by atoms with Crippen LogP contribution in [0, 0.1) is 0 Å².